The highest BCUT2D eigenvalue weighted by Crippen LogP contribution is 2.24. The predicted octanol–water partition coefficient (Wildman–Crippen LogP) is 3.14. The summed E-state index contributed by atoms with van der Waals surface area (Å²) in [5, 5.41) is 11.0. The molecule has 6 heteroatoms. The lowest BCUT2D eigenvalue weighted by Gasteiger charge is -2.03. The minimum Gasteiger partial charge on any atom is -0.419 e. The molecule has 0 radical (unpaired) electrons. The minimum atomic E-state index is -0.319. The lowest BCUT2D eigenvalue weighted by atomic mass is 10.2. The van der Waals surface area contributed by atoms with Gasteiger partial charge in [0.2, 0.25) is 11.8 Å². The van der Waals surface area contributed by atoms with Crippen LogP contribution in [0.1, 0.15) is 19.7 Å². The third-order valence-corrected chi connectivity index (χ3v) is 2.90. The first kappa shape index (κ1) is 13.2. The molecule has 0 atom stereocenters. The van der Waals surface area contributed by atoms with E-state index in [1.54, 1.807) is 12.1 Å². The zero-order valence-corrected chi connectivity index (χ0v) is 11.7. The zero-order chi connectivity index (χ0) is 13.1. The van der Waals surface area contributed by atoms with Gasteiger partial charge in [0.1, 0.15) is 5.82 Å². The fourth-order valence-electron chi connectivity index (χ4n) is 1.36. The molecule has 4 nitrogen and oxygen atoms in total. The van der Waals surface area contributed by atoms with E-state index in [-0.39, 0.29) is 5.82 Å². The molecule has 0 amide bonds. The molecule has 0 aliphatic carbocycles. The van der Waals surface area contributed by atoms with E-state index in [9.17, 15) is 4.39 Å². The van der Waals surface area contributed by atoms with Crippen molar-refractivity contribution in [2.45, 2.75) is 26.4 Å². The van der Waals surface area contributed by atoms with Gasteiger partial charge in [-0.15, -0.1) is 10.2 Å². The number of aromatic nitrogens is 2. The first-order chi connectivity index (χ1) is 8.56. The van der Waals surface area contributed by atoms with Gasteiger partial charge in [-0.25, -0.2) is 4.39 Å². The van der Waals surface area contributed by atoms with Gasteiger partial charge in [-0.2, -0.15) is 0 Å². The summed E-state index contributed by atoms with van der Waals surface area (Å²) in [5.41, 5.74) is 0.687. The number of nitrogens with zero attached hydrogens (tertiary/aromatic N) is 2. The fourth-order valence-corrected chi connectivity index (χ4v) is 1.74. The van der Waals surface area contributed by atoms with Crippen molar-refractivity contribution in [3.63, 3.8) is 0 Å². The molecule has 0 unspecified atom stereocenters. The van der Waals surface area contributed by atoms with Crippen LogP contribution in [0.4, 0.5) is 4.39 Å². The van der Waals surface area contributed by atoms with Gasteiger partial charge in [-0.3, -0.25) is 0 Å². The maximum Gasteiger partial charge on any atom is 0.247 e. The maximum atomic E-state index is 13.1. The highest BCUT2D eigenvalue weighted by atomic mass is 79.9. The van der Waals surface area contributed by atoms with Crippen molar-refractivity contribution in [1.82, 2.24) is 15.5 Å². The number of hydrogen-bond acceptors (Lipinski definition) is 4. The van der Waals surface area contributed by atoms with Crippen LogP contribution in [0.2, 0.25) is 0 Å². The van der Waals surface area contributed by atoms with Crippen molar-refractivity contribution < 1.29 is 8.81 Å². The van der Waals surface area contributed by atoms with E-state index in [4.69, 9.17) is 4.42 Å². The topological polar surface area (TPSA) is 51.0 Å². The standard InChI is InChI=1S/C12H13BrFN3O/c1-7(2)15-6-11-16-17-12(18-11)8-3-4-10(14)9(13)5-8/h3-5,7,15H,6H2,1-2H3. The molecule has 0 fully saturated rings. The van der Waals surface area contributed by atoms with Crippen molar-refractivity contribution >= 4 is 15.9 Å². The van der Waals surface area contributed by atoms with E-state index < -0.39 is 0 Å². The first-order valence-electron chi connectivity index (χ1n) is 5.57. The summed E-state index contributed by atoms with van der Waals surface area (Å²) in [7, 11) is 0. The predicted molar refractivity (Wildman–Crippen MR) is 69.4 cm³/mol. The van der Waals surface area contributed by atoms with Gasteiger partial charge in [-0.05, 0) is 34.1 Å². The van der Waals surface area contributed by atoms with E-state index in [1.807, 2.05) is 13.8 Å². The smallest absolute Gasteiger partial charge is 0.247 e. The van der Waals surface area contributed by atoms with Gasteiger partial charge in [0, 0.05) is 11.6 Å². The molecule has 0 bridgehead atoms. The molecule has 0 saturated heterocycles. The largest absolute Gasteiger partial charge is 0.419 e. The lowest BCUT2D eigenvalue weighted by molar-refractivity contribution is 0.458. The highest BCUT2D eigenvalue weighted by molar-refractivity contribution is 9.10. The number of benzene rings is 1. The zero-order valence-electron chi connectivity index (χ0n) is 10.1. The van der Waals surface area contributed by atoms with Crippen molar-refractivity contribution in [2.24, 2.45) is 0 Å². The second kappa shape index (κ2) is 5.58. The first-order valence-corrected chi connectivity index (χ1v) is 6.36. The van der Waals surface area contributed by atoms with Gasteiger partial charge in [0.15, 0.2) is 0 Å². The molecule has 18 heavy (non-hydrogen) atoms. The summed E-state index contributed by atoms with van der Waals surface area (Å²) in [4.78, 5) is 0. The molecular formula is C12H13BrFN3O. The average Bonchev–Trinajstić information content (AvgIpc) is 2.79. The number of halogens is 2. The van der Waals surface area contributed by atoms with Crippen LogP contribution in [0, 0.1) is 5.82 Å². The van der Waals surface area contributed by atoms with Crippen molar-refractivity contribution in [2.75, 3.05) is 0 Å². The molecule has 96 valence electrons. The summed E-state index contributed by atoms with van der Waals surface area (Å²) in [6, 6.07) is 4.92. The van der Waals surface area contributed by atoms with Crippen LogP contribution >= 0.6 is 15.9 Å². The average molecular weight is 314 g/mol. The Morgan fingerprint density at radius 1 is 1.39 bits per heavy atom. The molecule has 0 saturated carbocycles. The number of nitrogens with one attached hydrogen (secondary N) is 1. The number of rotatable bonds is 4. The molecule has 1 aromatic carbocycles. The molecule has 1 aromatic heterocycles. The van der Waals surface area contributed by atoms with E-state index in [1.165, 1.54) is 6.07 Å². The third-order valence-electron chi connectivity index (χ3n) is 2.29. The van der Waals surface area contributed by atoms with Gasteiger partial charge >= 0.3 is 0 Å². The Hall–Kier alpha value is -1.27. The Kier molecular flexibility index (Phi) is 4.08. The lowest BCUT2D eigenvalue weighted by Crippen LogP contribution is -2.21. The monoisotopic (exact) mass is 313 g/mol. The Labute approximate surface area is 113 Å². The summed E-state index contributed by atoms with van der Waals surface area (Å²) >= 11 is 3.12. The summed E-state index contributed by atoms with van der Waals surface area (Å²) in [6.45, 7) is 4.59. The van der Waals surface area contributed by atoms with Gasteiger partial charge in [-0.1, -0.05) is 13.8 Å². The maximum absolute atomic E-state index is 13.1. The Morgan fingerprint density at radius 2 is 2.17 bits per heavy atom. The summed E-state index contributed by atoms with van der Waals surface area (Å²) in [6.07, 6.45) is 0. The molecule has 0 aliphatic rings. The second-order valence-corrected chi connectivity index (χ2v) is 5.02. The van der Waals surface area contributed by atoms with Crippen molar-refractivity contribution in [1.29, 1.82) is 0 Å². The van der Waals surface area contributed by atoms with Crippen molar-refractivity contribution in [3.8, 4) is 11.5 Å². The molecule has 2 rings (SSSR count). The van der Waals surface area contributed by atoms with Gasteiger partial charge in [0.25, 0.3) is 0 Å². The molecule has 0 aliphatic heterocycles. The second-order valence-electron chi connectivity index (χ2n) is 4.17. The van der Waals surface area contributed by atoms with Crippen LogP contribution in [0.25, 0.3) is 11.5 Å². The fraction of sp³-hybridized carbons (Fsp3) is 0.333. The summed E-state index contributed by atoms with van der Waals surface area (Å²) < 4.78 is 19.0. The van der Waals surface area contributed by atoms with E-state index in [0.29, 0.717) is 34.4 Å². The van der Waals surface area contributed by atoms with Crippen LogP contribution < -0.4 is 5.32 Å². The molecule has 1 N–H and O–H groups in total. The van der Waals surface area contributed by atoms with Crippen LogP contribution in [0.5, 0.6) is 0 Å². The number of hydrogen-bond donors (Lipinski definition) is 1. The highest BCUT2D eigenvalue weighted by Gasteiger charge is 2.10. The minimum absolute atomic E-state index is 0.319. The van der Waals surface area contributed by atoms with E-state index >= 15 is 0 Å². The Balaban J connectivity index is 2.16. The SMILES string of the molecule is CC(C)NCc1nnc(-c2ccc(F)c(Br)c2)o1. The van der Waals surface area contributed by atoms with Crippen LogP contribution in [-0.4, -0.2) is 16.2 Å². The van der Waals surface area contributed by atoms with E-state index in [2.05, 4.69) is 31.4 Å². The van der Waals surface area contributed by atoms with Crippen LogP contribution in [0.15, 0.2) is 27.1 Å². The van der Waals surface area contributed by atoms with Gasteiger partial charge < -0.3 is 9.73 Å². The van der Waals surface area contributed by atoms with Crippen molar-refractivity contribution in [3.05, 3.63) is 34.4 Å². The third kappa shape index (κ3) is 3.14. The molecule has 1 heterocycles. The molecule has 2 aromatic rings. The Morgan fingerprint density at radius 3 is 2.83 bits per heavy atom. The Bertz CT molecular complexity index is 542. The van der Waals surface area contributed by atoms with Crippen LogP contribution in [0.3, 0.4) is 0 Å². The van der Waals surface area contributed by atoms with E-state index in [0.717, 1.165) is 0 Å². The summed E-state index contributed by atoms with van der Waals surface area (Å²) in [5.74, 6) is 0.579. The van der Waals surface area contributed by atoms with Crippen LogP contribution in [-0.2, 0) is 6.54 Å². The molecular weight excluding hydrogens is 301 g/mol. The molecule has 0 spiro atoms. The van der Waals surface area contributed by atoms with Gasteiger partial charge in [0.05, 0.1) is 11.0 Å². The normalized spacial score (nSPS) is 11.2. The quantitative estimate of drug-likeness (QED) is 0.942.